The summed E-state index contributed by atoms with van der Waals surface area (Å²) >= 11 is 1.14. The number of aliphatic imine (C=N–C) groups is 1. The van der Waals surface area contributed by atoms with Crippen molar-refractivity contribution in [3.8, 4) is 11.8 Å². The number of hydrogen-bond acceptors (Lipinski definition) is 4. The molecule has 0 amide bonds. The fourth-order valence-corrected chi connectivity index (χ4v) is 4.33. The zero-order chi connectivity index (χ0) is 21.4. The van der Waals surface area contributed by atoms with Crippen molar-refractivity contribution in [3.05, 3.63) is 98.4 Å². The van der Waals surface area contributed by atoms with Crippen molar-refractivity contribution in [2.75, 3.05) is 0 Å². The second-order valence-corrected chi connectivity index (χ2v) is 8.26. The SMILES string of the molecule is O=C1CC(c2ccc3[nH]c(=O)sc3c2)=Nc2ccc(C#Cc3ccccc3F)cc2C1. The highest BCUT2D eigenvalue weighted by Crippen LogP contribution is 2.28. The number of fused-ring (bicyclic) bond motifs is 2. The van der Waals surface area contributed by atoms with Gasteiger partial charge in [-0.15, -0.1) is 0 Å². The Bertz CT molecular complexity index is 1500. The van der Waals surface area contributed by atoms with Crippen LogP contribution in [0.5, 0.6) is 0 Å². The molecule has 0 aliphatic carbocycles. The summed E-state index contributed by atoms with van der Waals surface area (Å²) in [7, 11) is 0. The summed E-state index contributed by atoms with van der Waals surface area (Å²) in [5.74, 6) is 5.51. The molecule has 31 heavy (non-hydrogen) atoms. The Hall–Kier alpha value is -3.82. The third-order valence-corrected chi connectivity index (χ3v) is 5.90. The predicted molar refractivity (Wildman–Crippen MR) is 121 cm³/mol. The normalized spacial score (nSPS) is 13.2. The van der Waals surface area contributed by atoms with E-state index in [-0.39, 0.29) is 29.3 Å². The highest BCUT2D eigenvalue weighted by Gasteiger charge is 2.18. The number of carbonyl (C=O) groups excluding carboxylic acids is 1. The van der Waals surface area contributed by atoms with Gasteiger partial charge in [0.05, 0.1) is 27.2 Å². The van der Waals surface area contributed by atoms with E-state index in [0.717, 1.165) is 38.4 Å². The van der Waals surface area contributed by atoms with Crippen molar-refractivity contribution >= 4 is 38.7 Å². The van der Waals surface area contributed by atoms with Gasteiger partial charge in [0.15, 0.2) is 0 Å². The van der Waals surface area contributed by atoms with E-state index >= 15 is 0 Å². The summed E-state index contributed by atoms with van der Waals surface area (Å²) in [6, 6.07) is 17.5. The molecule has 1 N–H and O–H groups in total. The smallest absolute Gasteiger partial charge is 0.305 e. The van der Waals surface area contributed by atoms with E-state index in [9.17, 15) is 14.0 Å². The maximum Gasteiger partial charge on any atom is 0.305 e. The molecule has 0 saturated heterocycles. The third-order valence-electron chi connectivity index (χ3n) is 5.06. The quantitative estimate of drug-likeness (QED) is 0.446. The fourth-order valence-electron chi connectivity index (χ4n) is 3.55. The first-order valence-corrected chi connectivity index (χ1v) is 10.5. The van der Waals surface area contributed by atoms with Gasteiger partial charge in [-0.3, -0.25) is 14.6 Å². The number of thiazole rings is 1. The van der Waals surface area contributed by atoms with E-state index in [1.165, 1.54) is 6.07 Å². The summed E-state index contributed by atoms with van der Waals surface area (Å²) in [6.45, 7) is 0. The number of halogens is 1. The van der Waals surface area contributed by atoms with Crippen molar-refractivity contribution in [3.63, 3.8) is 0 Å². The summed E-state index contributed by atoms with van der Waals surface area (Å²) < 4.78 is 14.6. The van der Waals surface area contributed by atoms with Crippen molar-refractivity contribution in [1.29, 1.82) is 0 Å². The molecule has 0 radical (unpaired) electrons. The van der Waals surface area contributed by atoms with E-state index in [2.05, 4.69) is 16.8 Å². The van der Waals surface area contributed by atoms with Gasteiger partial charge >= 0.3 is 4.87 Å². The van der Waals surface area contributed by atoms with Crippen LogP contribution in [-0.4, -0.2) is 16.5 Å². The Morgan fingerprint density at radius 3 is 2.71 bits per heavy atom. The number of aromatic amines is 1. The number of Topliss-reactive ketones (excluding diaryl/α,β-unsaturated/α-hetero) is 1. The number of ketones is 1. The van der Waals surface area contributed by atoms with Gasteiger partial charge in [-0.1, -0.05) is 41.4 Å². The molecule has 1 aliphatic rings. The van der Waals surface area contributed by atoms with Crippen LogP contribution in [0.25, 0.3) is 10.2 Å². The monoisotopic (exact) mass is 426 g/mol. The molecule has 4 nitrogen and oxygen atoms in total. The van der Waals surface area contributed by atoms with Crippen LogP contribution in [0.15, 0.2) is 70.5 Å². The lowest BCUT2D eigenvalue weighted by molar-refractivity contribution is -0.117. The Labute approximate surface area is 181 Å². The molecule has 4 aromatic rings. The molecular formula is C25H15FN2O2S. The molecule has 0 unspecified atom stereocenters. The van der Waals surface area contributed by atoms with Crippen molar-refractivity contribution in [2.45, 2.75) is 12.8 Å². The van der Waals surface area contributed by atoms with Gasteiger partial charge < -0.3 is 4.98 Å². The number of nitrogens with one attached hydrogen (secondary N) is 1. The molecule has 1 aromatic heterocycles. The van der Waals surface area contributed by atoms with Gasteiger partial charge in [0.2, 0.25) is 0 Å². The zero-order valence-electron chi connectivity index (χ0n) is 16.2. The molecule has 1 aliphatic heterocycles. The van der Waals surface area contributed by atoms with Crippen LogP contribution in [-0.2, 0) is 11.2 Å². The minimum Gasteiger partial charge on any atom is -0.312 e. The van der Waals surface area contributed by atoms with Crippen molar-refractivity contribution < 1.29 is 9.18 Å². The van der Waals surface area contributed by atoms with Crippen LogP contribution < -0.4 is 4.87 Å². The van der Waals surface area contributed by atoms with Gasteiger partial charge in [0.1, 0.15) is 11.6 Å². The lowest BCUT2D eigenvalue weighted by Crippen LogP contribution is -2.09. The Morgan fingerprint density at radius 1 is 0.968 bits per heavy atom. The summed E-state index contributed by atoms with van der Waals surface area (Å²) in [5.41, 5.74) is 4.83. The van der Waals surface area contributed by atoms with Crippen LogP contribution in [0.3, 0.4) is 0 Å². The van der Waals surface area contributed by atoms with Crippen LogP contribution in [0.2, 0.25) is 0 Å². The third kappa shape index (κ3) is 3.96. The molecule has 3 aromatic carbocycles. The predicted octanol–water partition coefficient (Wildman–Crippen LogP) is 4.76. The average molecular weight is 426 g/mol. The van der Waals surface area contributed by atoms with Gasteiger partial charge in [-0.25, -0.2) is 4.39 Å². The lowest BCUT2D eigenvalue weighted by Gasteiger charge is -2.04. The van der Waals surface area contributed by atoms with Crippen LogP contribution in [0.1, 0.15) is 28.7 Å². The van der Waals surface area contributed by atoms with Crippen molar-refractivity contribution in [1.82, 2.24) is 4.98 Å². The van der Waals surface area contributed by atoms with Gasteiger partial charge in [0.25, 0.3) is 0 Å². The second kappa shape index (κ2) is 7.78. The summed E-state index contributed by atoms with van der Waals surface area (Å²) in [5, 5.41) is 0. The van der Waals surface area contributed by atoms with Crippen LogP contribution in [0.4, 0.5) is 10.1 Å². The summed E-state index contributed by atoms with van der Waals surface area (Å²) in [4.78, 5) is 31.6. The largest absolute Gasteiger partial charge is 0.312 e. The second-order valence-electron chi connectivity index (χ2n) is 7.25. The minimum absolute atomic E-state index is 0.0547. The highest BCUT2D eigenvalue weighted by molar-refractivity contribution is 7.16. The molecule has 150 valence electrons. The standard InChI is InChI=1S/C25H15FN2O2S/c26-20-4-2-1-3-16(20)7-5-15-6-9-21-18(11-15)12-19(29)14-23(27-21)17-8-10-22-24(13-17)31-25(30)28-22/h1-4,6,8-11,13H,12,14H2,(H,28,30). The van der Waals surface area contributed by atoms with Gasteiger partial charge in [-0.05, 0) is 53.6 Å². The first-order chi connectivity index (χ1) is 15.0. The van der Waals surface area contributed by atoms with E-state index in [1.54, 1.807) is 18.2 Å². The molecule has 0 spiro atoms. The maximum absolute atomic E-state index is 13.8. The number of carbonyl (C=O) groups is 1. The number of aromatic nitrogens is 1. The number of benzene rings is 3. The van der Waals surface area contributed by atoms with E-state index in [1.807, 2.05) is 36.4 Å². The number of H-pyrrole nitrogens is 1. The fraction of sp³-hybridized carbons (Fsp3) is 0.0800. The molecule has 6 heteroatoms. The Kier molecular flexibility index (Phi) is 4.81. The van der Waals surface area contributed by atoms with Crippen molar-refractivity contribution in [2.24, 2.45) is 4.99 Å². The van der Waals surface area contributed by atoms with E-state index < -0.39 is 0 Å². The molecular weight excluding hydrogens is 411 g/mol. The van der Waals surface area contributed by atoms with Crippen LogP contribution >= 0.6 is 11.3 Å². The molecule has 2 heterocycles. The molecule has 0 saturated carbocycles. The Morgan fingerprint density at radius 2 is 1.84 bits per heavy atom. The van der Waals surface area contributed by atoms with Gasteiger partial charge in [-0.2, -0.15) is 0 Å². The molecule has 5 rings (SSSR count). The molecule has 0 bridgehead atoms. The average Bonchev–Trinajstić information content (AvgIpc) is 3.04. The molecule has 0 fully saturated rings. The van der Waals surface area contributed by atoms with Gasteiger partial charge in [0, 0.05) is 18.4 Å². The first-order valence-electron chi connectivity index (χ1n) is 9.67. The lowest BCUT2D eigenvalue weighted by atomic mass is 10.0. The topological polar surface area (TPSA) is 62.3 Å². The zero-order valence-corrected chi connectivity index (χ0v) is 17.1. The Balaban J connectivity index is 1.52. The number of hydrogen-bond donors (Lipinski definition) is 1. The summed E-state index contributed by atoms with van der Waals surface area (Å²) in [6.07, 6.45) is 0.479. The minimum atomic E-state index is -0.362. The first kappa shape index (κ1) is 19.2. The number of nitrogens with zero attached hydrogens (tertiary/aromatic N) is 1. The van der Waals surface area contributed by atoms with E-state index in [0.29, 0.717) is 16.8 Å². The van der Waals surface area contributed by atoms with E-state index in [4.69, 9.17) is 4.99 Å². The number of rotatable bonds is 1. The maximum atomic E-state index is 13.8. The highest BCUT2D eigenvalue weighted by atomic mass is 32.1. The molecule has 0 atom stereocenters. The van der Waals surface area contributed by atoms with Crippen LogP contribution in [0, 0.1) is 17.7 Å².